The molecule has 0 aromatic carbocycles. The standard InChI is InChI=1S/C13H25NO4/c1-4-7-9(10(5-2)12(15)16)8-14-11(6-3)13(17)18/h9-11,14H,4-8H2,1-3H3,(H,15,16)(H,17,18)/t9?,10-,11+/m1/s1. The summed E-state index contributed by atoms with van der Waals surface area (Å²) in [6.45, 7) is 6.12. The van der Waals surface area contributed by atoms with Gasteiger partial charge in [0.2, 0.25) is 0 Å². The molecule has 0 spiro atoms. The first kappa shape index (κ1) is 16.9. The second-order valence-electron chi connectivity index (χ2n) is 4.61. The maximum atomic E-state index is 11.2. The third kappa shape index (κ3) is 5.49. The summed E-state index contributed by atoms with van der Waals surface area (Å²) in [5.74, 6) is -2.08. The van der Waals surface area contributed by atoms with Gasteiger partial charge in [0.1, 0.15) is 6.04 Å². The van der Waals surface area contributed by atoms with E-state index >= 15 is 0 Å². The van der Waals surface area contributed by atoms with Crippen LogP contribution in [0.15, 0.2) is 0 Å². The van der Waals surface area contributed by atoms with Gasteiger partial charge in [-0.1, -0.05) is 27.2 Å². The average molecular weight is 259 g/mol. The zero-order chi connectivity index (χ0) is 14.1. The van der Waals surface area contributed by atoms with E-state index in [9.17, 15) is 9.59 Å². The van der Waals surface area contributed by atoms with Crippen LogP contribution in [-0.2, 0) is 9.59 Å². The highest BCUT2D eigenvalue weighted by Crippen LogP contribution is 2.21. The number of nitrogens with one attached hydrogen (secondary N) is 1. The molecule has 106 valence electrons. The molecular formula is C13H25NO4. The Kier molecular flexibility index (Phi) is 8.37. The molecule has 0 fully saturated rings. The molecule has 0 aliphatic rings. The zero-order valence-corrected chi connectivity index (χ0v) is 11.5. The van der Waals surface area contributed by atoms with E-state index in [4.69, 9.17) is 10.2 Å². The monoisotopic (exact) mass is 259 g/mol. The van der Waals surface area contributed by atoms with Crippen LogP contribution in [-0.4, -0.2) is 34.7 Å². The summed E-state index contributed by atoms with van der Waals surface area (Å²) in [4.78, 5) is 22.0. The fourth-order valence-electron chi connectivity index (χ4n) is 2.23. The molecule has 0 radical (unpaired) electrons. The van der Waals surface area contributed by atoms with E-state index in [-0.39, 0.29) is 5.92 Å². The molecule has 0 saturated carbocycles. The molecule has 0 bridgehead atoms. The smallest absolute Gasteiger partial charge is 0.320 e. The van der Waals surface area contributed by atoms with Gasteiger partial charge in [-0.3, -0.25) is 9.59 Å². The minimum Gasteiger partial charge on any atom is -0.481 e. The van der Waals surface area contributed by atoms with Crippen molar-refractivity contribution in [3.05, 3.63) is 0 Å². The first-order valence-corrected chi connectivity index (χ1v) is 6.66. The molecule has 3 N–H and O–H groups in total. The van der Waals surface area contributed by atoms with Crippen LogP contribution < -0.4 is 5.32 Å². The maximum absolute atomic E-state index is 11.2. The highest BCUT2D eigenvalue weighted by Gasteiger charge is 2.27. The lowest BCUT2D eigenvalue weighted by molar-refractivity contribution is -0.143. The van der Waals surface area contributed by atoms with Gasteiger partial charge in [0, 0.05) is 0 Å². The van der Waals surface area contributed by atoms with Crippen LogP contribution in [0.25, 0.3) is 0 Å². The first-order valence-electron chi connectivity index (χ1n) is 6.66. The molecule has 0 heterocycles. The van der Waals surface area contributed by atoms with Crippen molar-refractivity contribution in [1.29, 1.82) is 0 Å². The number of hydrogen-bond donors (Lipinski definition) is 3. The molecule has 18 heavy (non-hydrogen) atoms. The second kappa shape index (κ2) is 8.91. The molecule has 0 saturated heterocycles. The summed E-state index contributed by atoms with van der Waals surface area (Å²) in [7, 11) is 0. The largest absolute Gasteiger partial charge is 0.481 e. The molecule has 3 atom stereocenters. The predicted molar refractivity (Wildman–Crippen MR) is 69.5 cm³/mol. The van der Waals surface area contributed by atoms with Crippen LogP contribution in [0.5, 0.6) is 0 Å². The Labute approximate surface area is 109 Å². The summed E-state index contributed by atoms with van der Waals surface area (Å²) in [6, 6.07) is -0.587. The maximum Gasteiger partial charge on any atom is 0.320 e. The van der Waals surface area contributed by atoms with Gasteiger partial charge >= 0.3 is 11.9 Å². The second-order valence-corrected chi connectivity index (χ2v) is 4.61. The molecule has 0 aromatic rings. The molecular weight excluding hydrogens is 234 g/mol. The quantitative estimate of drug-likeness (QED) is 0.558. The van der Waals surface area contributed by atoms with Crippen LogP contribution >= 0.6 is 0 Å². The molecule has 0 aliphatic carbocycles. The van der Waals surface area contributed by atoms with Crippen LogP contribution in [0.1, 0.15) is 46.5 Å². The summed E-state index contributed by atoms with van der Waals surface area (Å²) in [5, 5.41) is 21.1. The van der Waals surface area contributed by atoms with E-state index in [1.54, 1.807) is 6.92 Å². The van der Waals surface area contributed by atoms with Gasteiger partial charge in [0.05, 0.1) is 5.92 Å². The van der Waals surface area contributed by atoms with Crippen LogP contribution in [0.2, 0.25) is 0 Å². The Balaban J connectivity index is 4.51. The Morgan fingerprint density at radius 1 is 1.06 bits per heavy atom. The molecule has 1 unspecified atom stereocenters. The van der Waals surface area contributed by atoms with Gasteiger partial charge in [-0.25, -0.2) is 0 Å². The van der Waals surface area contributed by atoms with Gasteiger partial charge in [-0.2, -0.15) is 0 Å². The normalized spacial score (nSPS) is 15.9. The van der Waals surface area contributed by atoms with Crippen molar-refractivity contribution < 1.29 is 19.8 Å². The fraction of sp³-hybridized carbons (Fsp3) is 0.846. The molecule has 5 heteroatoms. The number of rotatable bonds is 10. The highest BCUT2D eigenvalue weighted by atomic mass is 16.4. The van der Waals surface area contributed by atoms with Gasteiger partial charge in [0.15, 0.2) is 0 Å². The number of carbonyl (C=O) groups is 2. The summed E-state index contributed by atoms with van der Waals surface area (Å²) in [6.07, 6.45) is 2.78. The molecule has 0 aliphatic heterocycles. The lowest BCUT2D eigenvalue weighted by Crippen LogP contribution is -2.41. The van der Waals surface area contributed by atoms with Crippen LogP contribution in [0.3, 0.4) is 0 Å². The first-order chi connectivity index (χ1) is 8.47. The Bertz CT molecular complexity index is 268. The molecule has 0 rings (SSSR count). The molecule has 0 amide bonds. The van der Waals surface area contributed by atoms with E-state index in [2.05, 4.69) is 5.32 Å². The zero-order valence-electron chi connectivity index (χ0n) is 11.5. The van der Waals surface area contributed by atoms with Crippen molar-refractivity contribution in [2.24, 2.45) is 11.8 Å². The van der Waals surface area contributed by atoms with Crippen molar-refractivity contribution >= 4 is 11.9 Å². The van der Waals surface area contributed by atoms with E-state index < -0.39 is 23.9 Å². The Morgan fingerprint density at radius 2 is 1.67 bits per heavy atom. The number of carboxylic acid groups (broad SMARTS) is 2. The third-order valence-corrected chi connectivity index (χ3v) is 3.32. The Morgan fingerprint density at radius 3 is 2.00 bits per heavy atom. The van der Waals surface area contributed by atoms with Crippen molar-refractivity contribution in [3.8, 4) is 0 Å². The van der Waals surface area contributed by atoms with Crippen molar-refractivity contribution in [3.63, 3.8) is 0 Å². The van der Waals surface area contributed by atoms with E-state index in [0.29, 0.717) is 19.4 Å². The van der Waals surface area contributed by atoms with Crippen molar-refractivity contribution in [2.75, 3.05) is 6.54 Å². The van der Waals surface area contributed by atoms with Crippen LogP contribution in [0, 0.1) is 11.8 Å². The lowest BCUT2D eigenvalue weighted by Gasteiger charge is -2.24. The minimum atomic E-state index is -0.879. The summed E-state index contributed by atoms with van der Waals surface area (Å²) in [5.41, 5.74) is 0. The number of aliphatic carboxylic acids is 2. The topological polar surface area (TPSA) is 86.6 Å². The Hall–Kier alpha value is -1.10. The van der Waals surface area contributed by atoms with Gasteiger partial charge in [0.25, 0.3) is 0 Å². The van der Waals surface area contributed by atoms with E-state index in [1.807, 2.05) is 13.8 Å². The van der Waals surface area contributed by atoms with Gasteiger partial charge in [-0.05, 0) is 31.7 Å². The lowest BCUT2D eigenvalue weighted by atomic mass is 9.86. The molecule has 5 nitrogen and oxygen atoms in total. The molecule has 0 aromatic heterocycles. The van der Waals surface area contributed by atoms with Gasteiger partial charge < -0.3 is 15.5 Å². The SMILES string of the molecule is CCCC(CN[C@@H](CC)C(=O)O)[C@@H](CC)C(=O)O. The number of carboxylic acids is 2. The van der Waals surface area contributed by atoms with Crippen molar-refractivity contribution in [2.45, 2.75) is 52.5 Å². The summed E-state index contributed by atoms with van der Waals surface area (Å²) >= 11 is 0. The minimum absolute atomic E-state index is 0.00843. The average Bonchev–Trinajstić information content (AvgIpc) is 2.29. The van der Waals surface area contributed by atoms with E-state index in [1.165, 1.54) is 0 Å². The fourth-order valence-corrected chi connectivity index (χ4v) is 2.23. The van der Waals surface area contributed by atoms with Crippen molar-refractivity contribution in [1.82, 2.24) is 5.32 Å². The number of hydrogen-bond acceptors (Lipinski definition) is 3. The summed E-state index contributed by atoms with van der Waals surface area (Å²) < 4.78 is 0. The van der Waals surface area contributed by atoms with E-state index in [0.717, 1.165) is 12.8 Å². The van der Waals surface area contributed by atoms with Crippen LogP contribution in [0.4, 0.5) is 0 Å². The third-order valence-electron chi connectivity index (χ3n) is 3.32. The predicted octanol–water partition coefficient (Wildman–Crippen LogP) is 1.97. The highest BCUT2D eigenvalue weighted by molar-refractivity contribution is 5.73. The van der Waals surface area contributed by atoms with Gasteiger partial charge in [-0.15, -0.1) is 0 Å².